The summed E-state index contributed by atoms with van der Waals surface area (Å²) < 4.78 is 5.57. The first-order chi connectivity index (χ1) is 6.29. The number of pyridine rings is 1. The van der Waals surface area contributed by atoms with Crippen molar-refractivity contribution in [3.8, 4) is 5.75 Å². The first-order valence-electron chi connectivity index (χ1n) is 4.70. The van der Waals surface area contributed by atoms with E-state index in [0.29, 0.717) is 11.8 Å². The quantitative estimate of drug-likeness (QED) is 0.767. The molecule has 0 bridgehead atoms. The van der Waals surface area contributed by atoms with Gasteiger partial charge in [0.15, 0.2) is 5.75 Å². The summed E-state index contributed by atoms with van der Waals surface area (Å²) in [6.45, 7) is 2.06. The van der Waals surface area contributed by atoms with Gasteiger partial charge >= 0.3 is 0 Å². The number of nitrogens with zero attached hydrogens (tertiary/aromatic N) is 1. The summed E-state index contributed by atoms with van der Waals surface area (Å²) in [5, 5.41) is 0. The van der Waals surface area contributed by atoms with Crippen molar-refractivity contribution in [1.29, 1.82) is 0 Å². The Kier molecular flexibility index (Phi) is 2.08. The van der Waals surface area contributed by atoms with Crippen molar-refractivity contribution in [3.05, 3.63) is 18.0 Å². The summed E-state index contributed by atoms with van der Waals surface area (Å²) in [6, 6.07) is 1.89. The van der Waals surface area contributed by atoms with Crippen LogP contribution in [-0.2, 0) is 6.42 Å². The van der Waals surface area contributed by atoms with Gasteiger partial charge in [-0.2, -0.15) is 0 Å². The van der Waals surface area contributed by atoms with E-state index in [9.17, 15) is 0 Å². The van der Waals surface area contributed by atoms with Gasteiger partial charge in [-0.1, -0.05) is 6.92 Å². The van der Waals surface area contributed by atoms with E-state index in [0.717, 1.165) is 30.7 Å². The molecule has 0 unspecified atom stereocenters. The molecule has 1 aliphatic carbocycles. The molecule has 1 aromatic rings. The number of anilines is 1. The Morgan fingerprint density at radius 1 is 1.62 bits per heavy atom. The first-order valence-corrected chi connectivity index (χ1v) is 4.70. The molecule has 0 aliphatic heterocycles. The molecule has 13 heavy (non-hydrogen) atoms. The molecule has 70 valence electrons. The van der Waals surface area contributed by atoms with Crippen molar-refractivity contribution in [3.63, 3.8) is 0 Å². The third kappa shape index (κ3) is 1.91. The van der Waals surface area contributed by atoms with E-state index in [1.54, 1.807) is 6.20 Å². The Morgan fingerprint density at radius 2 is 2.38 bits per heavy atom. The van der Waals surface area contributed by atoms with Crippen LogP contribution < -0.4 is 10.5 Å². The van der Waals surface area contributed by atoms with Crippen molar-refractivity contribution in [2.24, 2.45) is 0 Å². The van der Waals surface area contributed by atoms with E-state index < -0.39 is 0 Å². The standard InChI is InChI=1S/C10H14N2O/c1-2-7-5-9(11)10(6-12-7)13-8-3-4-8/h5-6,8H,2-4H2,1H3,(H2,11,12). The number of nitrogens with two attached hydrogens (primary N) is 1. The maximum absolute atomic E-state index is 5.81. The zero-order valence-electron chi connectivity index (χ0n) is 7.79. The molecule has 3 nitrogen and oxygen atoms in total. The minimum Gasteiger partial charge on any atom is -0.487 e. The number of hydrogen-bond donors (Lipinski definition) is 1. The van der Waals surface area contributed by atoms with Crippen LogP contribution in [-0.4, -0.2) is 11.1 Å². The molecule has 1 fully saturated rings. The van der Waals surface area contributed by atoms with Crippen LogP contribution in [0.3, 0.4) is 0 Å². The van der Waals surface area contributed by atoms with Gasteiger partial charge in [-0.25, -0.2) is 0 Å². The summed E-state index contributed by atoms with van der Waals surface area (Å²) in [7, 11) is 0. The van der Waals surface area contributed by atoms with Crippen LogP contribution in [0.15, 0.2) is 12.3 Å². The topological polar surface area (TPSA) is 48.1 Å². The van der Waals surface area contributed by atoms with E-state index >= 15 is 0 Å². The van der Waals surface area contributed by atoms with Gasteiger partial charge in [-0.3, -0.25) is 4.98 Å². The molecule has 0 spiro atoms. The number of ether oxygens (including phenoxy) is 1. The molecule has 3 heteroatoms. The van der Waals surface area contributed by atoms with E-state index in [1.165, 1.54) is 0 Å². The molecule has 1 aromatic heterocycles. The number of hydrogen-bond acceptors (Lipinski definition) is 3. The molecule has 0 saturated heterocycles. The first kappa shape index (κ1) is 8.35. The number of aromatic nitrogens is 1. The third-order valence-electron chi connectivity index (χ3n) is 2.13. The Bertz CT molecular complexity index is 308. The summed E-state index contributed by atoms with van der Waals surface area (Å²) >= 11 is 0. The largest absolute Gasteiger partial charge is 0.487 e. The normalized spacial score (nSPS) is 15.8. The summed E-state index contributed by atoms with van der Waals surface area (Å²) in [6.07, 6.45) is 5.32. The number of nitrogen functional groups attached to an aromatic ring is 1. The lowest BCUT2D eigenvalue weighted by Gasteiger charge is -2.07. The van der Waals surface area contributed by atoms with Crippen molar-refractivity contribution in [2.75, 3.05) is 5.73 Å². The second kappa shape index (κ2) is 3.24. The Hall–Kier alpha value is -1.25. The average Bonchev–Trinajstić information content (AvgIpc) is 2.92. The van der Waals surface area contributed by atoms with Gasteiger partial charge < -0.3 is 10.5 Å². The summed E-state index contributed by atoms with van der Waals surface area (Å²) in [5.74, 6) is 0.736. The van der Waals surface area contributed by atoms with Crippen LogP contribution >= 0.6 is 0 Å². The molecule has 1 saturated carbocycles. The predicted molar refractivity (Wildman–Crippen MR) is 51.7 cm³/mol. The molecule has 2 N–H and O–H groups in total. The van der Waals surface area contributed by atoms with Gasteiger partial charge in [0.05, 0.1) is 18.0 Å². The minimum atomic E-state index is 0.386. The van der Waals surface area contributed by atoms with Gasteiger partial charge in [0.25, 0.3) is 0 Å². The van der Waals surface area contributed by atoms with Gasteiger partial charge in [-0.15, -0.1) is 0 Å². The molecule has 2 rings (SSSR count). The molecule has 0 aromatic carbocycles. The predicted octanol–water partition coefficient (Wildman–Crippen LogP) is 1.77. The zero-order valence-corrected chi connectivity index (χ0v) is 7.79. The Morgan fingerprint density at radius 3 is 2.92 bits per heavy atom. The summed E-state index contributed by atoms with van der Waals surface area (Å²) in [5.41, 5.74) is 7.53. The highest BCUT2D eigenvalue weighted by atomic mass is 16.5. The maximum Gasteiger partial charge on any atom is 0.160 e. The van der Waals surface area contributed by atoms with Gasteiger partial charge in [-0.05, 0) is 25.3 Å². The van der Waals surface area contributed by atoms with Crippen molar-refractivity contribution < 1.29 is 4.74 Å². The van der Waals surface area contributed by atoms with Crippen molar-refractivity contribution >= 4 is 5.69 Å². The van der Waals surface area contributed by atoms with Crippen molar-refractivity contribution in [2.45, 2.75) is 32.3 Å². The van der Waals surface area contributed by atoms with Gasteiger partial charge in [0, 0.05) is 5.69 Å². The lowest BCUT2D eigenvalue weighted by Crippen LogP contribution is -2.01. The van der Waals surface area contributed by atoms with Crippen LogP contribution in [0.4, 0.5) is 5.69 Å². The van der Waals surface area contributed by atoms with E-state index in [2.05, 4.69) is 11.9 Å². The summed E-state index contributed by atoms with van der Waals surface area (Å²) in [4.78, 5) is 4.23. The molecule has 1 aliphatic rings. The second-order valence-corrected chi connectivity index (χ2v) is 3.38. The molecule has 0 radical (unpaired) electrons. The number of aryl methyl sites for hydroxylation is 1. The van der Waals surface area contributed by atoms with Gasteiger partial charge in [0.1, 0.15) is 0 Å². The molecular weight excluding hydrogens is 164 g/mol. The van der Waals surface area contributed by atoms with Crippen LogP contribution in [0, 0.1) is 0 Å². The Labute approximate surface area is 77.9 Å². The van der Waals surface area contributed by atoms with Gasteiger partial charge in [0.2, 0.25) is 0 Å². The van der Waals surface area contributed by atoms with Crippen LogP contribution in [0.2, 0.25) is 0 Å². The Balaban J connectivity index is 2.15. The van der Waals surface area contributed by atoms with Crippen LogP contribution in [0.1, 0.15) is 25.5 Å². The highest BCUT2D eigenvalue weighted by molar-refractivity contribution is 5.51. The zero-order chi connectivity index (χ0) is 9.26. The second-order valence-electron chi connectivity index (χ2n) is 3.38. The fourth-order valence-electron chi connectivity index (χ4n) is 1.16. The fourth-order valence-corrected chi connectivity index (χ4v) is 1.16. The highest BCUT2D eigenvalue weighted by Gasteiger charge is 2.24. The molecular formula is C10H14N2O. The molecule has 1 heterocycles. The fraction of sp³-hybridized carbons (Fsp3) is 0.500. The number of rotatable bonds is 3. The smallest absolute Gasteiger partial charge is 0.160 e. The minimum absolute atomic E-state index is 0.386. The SMILES string of the molecule is CCc1cc(N)c(OC2CC2)cn1. The monoisotopic (exact) mass is 178 g/mol. The maximum atomic E-state index is 5.81. The average molecular weight is 178 g/mol. The van der Waals surface area contributed by atoms with Crippen molar-refractivity contribution in [1.82, 2.24) is 4.98 Å². The van der Waals surface area contributed by atoms with Crippen LogP contribution in [0.5, 0.6) is 5.75 Å². The molecule has 0 amide bonds. The third-order valence-corrected chi connectivity index (χ3v) is 2.13. The molecule has 0 atom stereocenters. The lowest BCUT2D eigenvalue weighted by molar-refractivity contribution is 0.303. The van der Waals surface area contributed by atoms with E-state index in [1.807, 2.05) is 6.07 Å². The van der Waals surface area contributed by atoms with E-state index in [4.69, 9.17) is 10.5 Å². The van der Waals surface area contributed by atoms with Crippen LogP contribution in [0.25, 0.3) is 0 Å². The lowest BCUT2D eigenvalue weighted by atomic mass is 10.2. The highest BCUT2D eigenvalue weighted by Crippen LogP contribution is 2.30. The van der Waals surface area contributed by atoms with E-state index in [-0.39, 0.29) is 0 Å².